The molecule has 98 valence electrons. The quantitative estimate of drug-likeness (QED) is 0.794. The highest BCUT2D eigenvalue weighted by Crippen LogP contribution is 2.47. The molecule has 1 aliphatic heterocycles. The van der Waals surface area contributed by atoms with Gasteiger partial charge in [-0.1, -0.05) is 37.1 Å². The molecule has 0 radical (unpaired) electrons. The minimum Gasteiger partial charge on any atom is -0.266 e. The van der Waals surface area contributed by atoms with Crippen LogP contribution in [0.2, 0.25) is 5.02 Å². The van der Waals surface area contributed by atoms with Crippen LogP contribution in [0.4, 0.5) is 5.69 Å². The number of halogens is 1. The lowest BCUT2D eigenvalue weighted by molar-refractivity contribution is 0.577. The van der Waals surface area contributed by atoms with Crippen LogP contribution in [0, 0.1) is 0 Å². The molecule has 1 atom stereocenters. The van der Waals surface area contributed by atoms with Gasteiger partial charge in [0.15, 0.2) is 0 Å². The second-order valence-corrected chi connectivity index (χ2v) is 6.76. The van der Waals surface area contributed by atoms with Crippen molar-refractivity contribution in [2.45, 2.75) is 25.0 Å². The summed E-state index contributed by atoms with van der Waals surface area (Å²) in [5.74, 6) is 0. The topological polar surface area (TPSA) is 37.4 Å². The average Bonchev–Trinajstić information content (AvgIpc) is 2.53. The molecule has 1 heterocycles. The molecular formula is C13H16ClNO2S. The first-order valence-corrected chi connectivity index (χ1v) is 7.83. The molecule has 0 spiro atoms. The smallest absolute Gasteiger partial charge is 0.242 e. The van der Waals surface area contributed by atoms with Crippen LogP contribution < -0.4 is 4.31 Å². The van der Waals surface area contributed by atoms with E-state index < -0.39 is 15.3 Å². The van der Waals surface area contributed by atoms with Crippen LogP contribution in [0.3, 0.4) is 0 Å². The summed E-state index contributed by atoms with van der Waals surface area (Å²) in [5.41, 5.74) is 1.43. The van der Waals surface area contributed by atoms with Gasteiger partial charge in [0.05, 0.1) is 12.2 Å². The first kappa shape index (κ1) is 13.4. The second kappa shape index (κ2) is 4.94. The van der Waals surface area contributed by atoms with Crippen LogP contribution in [0.5, 0.6) is 0 Å². The van der Waals surface area contributed by atoms with Crippen molar-refractivity contribution in [1.29, 1.82) is 0 Å². The molecule has 0 N–H and O–H groups in total. The summed E-state index contributed by atoms with van der Waals surface area (Å²) >= 11 is 6.18. The van der Waals surface area contributed by atoms with E-state index in [0.29, 0.717) is 17.1 Å². The molecule has 0 saturated carbocycles. The van der Waals surface area contributed by atoms with Crippen LogP contribution in [-0.2, 0) is 10.0 Å². The average molecular weight is 286 g/mol. The Bertz CT molecular complexity index is 568. The molecule has 3 nitrogen and oxygen atoms in total. The lowest BCUT2D eigenvalue weighted by Crippen LogP contribution is -2.28. The highest BCUT2D eigenvalue weighted by molar-refractivity contribution is 7.93. The monoisotopic (exact) mass is 285 g/mol. The summed E-state index contributed by atoms with van der Waals surface area (Å²) in [6.45, 7) is 5.88. The van der Waals surface area contributed by atoms with Gasteiger partial charge in [0.25, 0.3) is 0 Å². The SMILES string of the molecule is C=CCN1c2cccc(Cl)c2C(CCC)S1(=O)=O. The van der Waals surface area contributed by atoms with Crippen LogP contribution in [0.1, 0.15) is 30.6 Å². The molecule has 0 aliphatic carbocycles. The van der Waals surface area contributed by atoms with Gasteiger partial charge in [0.1, 0.15) is 5.25 Å². The highest BCUT2D eigenvalue weighted by Gasteiger charge is 2.42. The van der Waals surface area contributed by atoms with E-state index in [-0.39, 0.29) is 6.54 Å². The van der Waals surface area contributed by atoms with Gasteiger partial charge in [-0.25, -0.2) is 8.42 Å². The molecule has 18 heavy (non-hydrogen) atoms. The normalized spacial score (nSPS) is 20.8. The number of hydrogen-bond acceptors (Lipinski definition) is 2. The molecule has 0 fully saturated rings. The van der Waals surface area contributed by atoms with E-state index in [9.17, 15) is 8.42 Å². The van der Waals surface area contributed by atoms with E-state index in [2.05, 4.69) is 6.58 Å². The number of nitrogens with zero attached hydrogens (tertiary/aromatic N) is 1. The molecule has 1 aromatic carbocycles. The number of fused-ring (bicyclic) bond motifs is 1. The van der Waals surface area contributed by atoms with Crippen molar-refractivity contribution in [3.05, 3.63) is 41.4 Å². The lowest BCUT2D eigenvalue weighted by atomic mass is 10.1. The maximum absolute atomic E-state index is 12.5. The van der Waals surface area contributed by atoms with Gasteiger partial charge in [-0.3, -0.25) is 4.31 Å². The van der Waals surface area contributed by atoms with Gasteiger partial charge in [-0.05, 0) is 18.6 Å². The standard InChI is InChI=1S/C13H16ClNO2S/c1-3-6-12-13-10(14)7-5-8-11(13)15(9-4-2)18(12,16)17/h4-5,7-8,12H,2-3,6,9H2,1H3. The number of benzene rings is 1. The van der Waals surface area contributed by atoms with E-state index in [4.69, 9.17) is 11.6 Å². The van der Waals surface area contributed by atoms with Gasteiger partial charge in [0, 0.05) is 10.6 Å². The van der Waals surface area contributed by atoms with E-state index in [1.807, 2.05) is 6.92 Å². The maximum atomic E-state index is 12.5. The van der Waals surface area contributed by atoms with Gasteiger partial charge in [-0.2, -0.15) is 0 Å². The Kier molecular flexibility index (Phi) is 3.69. The maximum Gasteiger partial charge on any atom is 0.242 e. The molecular weight excluding hydrogens is 270 g/mol. The Morgan fingerprint density at radius 3 is 2.83 bits per heavy atom. The summed E-state index contributed by atoms with van der Waals surface area (Å²) in [6.07, 6.45) is 2.99. The van der Waals surface area contributed by atoms with Crippen molar-refractivity contribution in [3.63, 3.8) is 0 Å². The Hall–Kier alpha value is -1.00. The molecule has 5 heteroatoms. The van der Waals surface area contributed by atoms with Crippen molar-refractivity contribution in [3.8, 4) is 0 Å². The Labute approximate surface area is 113 Å². The zero-order valence-corrected chi connectivity index (χ0v) is 11.8. The molecule has 0 amide bonds. The van der Waals surface area contributed by atoms with Gasteiger partial charge in [-0.15, -0.1) is 6.58 Å². The summed E-state index contributed by atoms with van der Waals surface area (Å²) in [6, 6.07) is 5.33. The first-order chi connectivity index (χ1) is 8.54. The van der Waals surface area contributed by atoms with Crippen molar-refractivity contribution < 1.29 is 8.42 Å². The summed E-state index contributed by atoms with van der Waals surface area (Å²) in [5, 5.41) is 0.00670. The molecule has 0 aromatic heterocycles. The summed E-state index contributed by atoms with van der Waals surface area (Å²) < 4.78 is 26.4. The third-order valence-electron chi connectivity index (χ3n) is 3.13. The van der Waals surface area contributed by atoms with E-state index in [0.717, 1.165) is 12.0 Å². The van der Waals surface area contributed by atoms with Crippen molar-refractivity contribution in [1.82, 2.24) is 0 Å². The molecule has 2 rings (SSSR count). The molecule has 0 bridgehead atoms. The van der Waals surface area contributed by atoms with E-state index >= 15 is 0 Å². The predicted octanol–water partition coefficient (Wildman–Crippen LogP) is 3.52. The fourth-order valence-electron chi connectivity index (χ4n) is 2.38. The third kappa shape index (κ3) is 1.93. The number of sulfonamides is 1. The van der Waals surface area contributed by atoms with Crippen LogP contribution in [-0.4, -0.2) is 15.0 Å². The number of rotatable bonds is 4. The molecule has 0 saturated heterocycles. The summed E-state index contributed by atoms with van der Waals surface area (Å²) in [4.78, 5) is 0. The largest absolute Gasteiger partial charge is 0.266 e. The van der Waals surface area contributed by atoms with Crippen LogP contribution in [0.25, 0.3) is 0 Å². The zero-order valence-electron chi connectivity index (χ0n) is 10.3. The minimum absolute atomic E-state index is 0.288. The van der Waals surface area contributed by atoms with E-state index in [1.165, 1.54) is 4.31 Å². The van der Waals surface area contributed by atoms with Gasteiger partial charge in [0.2, 0.25) is 10.0 Å². The predicted molar refractivity (Wildman–Crippen MR) is 75.6 cm³/mol. The van der Waals surface area contributed by atoms with Crippen molar-refractivity contribution >= 4 is 27.3 Å². The van der Waals surface area contributed by atoms with Crippen molar-refractivity contribution in [2.75, 3.05) is 10.8 Å². The zero-order chi connectivity index (χ0) is 13.3. The second-order valence-electron chi connectivity index (χ2n) is 4.31. The van der Waals surface area contributed by atoms with Crippen LogP contribution in [0.15, 0.2) is 30.9 Å². The van der Waals surface area contributed by atoms with E-state index in [1.54, 1.807) is 24.3 Å². The fourth-order valence-corrected chi connectivity index (χ4v) is 4.88. The lowest BCUT2D eigenvalue weighted by Gasteiger charge is -2.17. The van der Waals surface area contributed by atoms with Gasteiger partial charge < -0.3 is 0 Å². The van der Waals surface area contributed by atoms with Gasteiger partial charge >= 0.3 is 0 Å². The Morgan fingerprint density at radius 1 is 1.50 bits per heavy atom. The minimum atomic E-state index is -3.36. The Morgan fingerprint density at radius 2 is 2.22 bits per heavy atom. The van der Waals surface area contributed by atoms with Crippen molar-refractivity contribution in [2.24, 2.45) is 0 Å². The Balaban J connectivity index is 2.63. The highest BCUT2D eigenvalue weighted by atomic mass is 35.5. The van der Waals surface area contributed by atoms with Crippen LogP contribution >= 0.6 is 11.6 Å². The molecule has 1 unspecified atom stereocenters. The third-order valence-corrected chi connectivity index (χ3v) is 5.61. The molecule has 1 aliphatic rings. The summed E-state index contributed by atoms with van der Waals surface area (Å²) in [7, 11) is -3.36. The molecule has 1 aromatic rings. The number of hydrogen-bond donors (Lipinski definition) is 0. The first-order valence-electron chi connectivity index (χ1n) is 5.94. The fraction of sp³-hybridized carbons (Fsp3) is 0.385. The number of anilines is 1.